The van der Waals surface area contributed by atoms with E-state index in [9.17, 15) is 9.90 Å². The Hall–Kier alpha value is -1.24. The lowest BCUT2D eigenvalue weighted by Crippen LogP contribution is -2.39. The monoisotopic (exact) mass is 396 g/mol. The smallest absolute Gasteiger partial charge is 0.310 e. The van der Waals surface area contributed by atoms with E-state index in [1.807, 2.05) is 44.3 Å². The third-order valence-electron chi connectivity index (χ3n) is 4.21. The van der Waals surface area contributed by atoms with E-state index in [0.717, 1.165) is 19.9 Å². The van der Waals surface area contributed by atoms with Crippen molar-refractivity contribution in [3.05, 3.63) is 39.8 Å². The minimum Gasteiger partial charge on any atom is -0.481 e. The Balaban J connectivity index is 1.97. The molecule has 0 saturated heterocycles. The van der Waals surface area contributed by atoms with Crippen LogP contribution in [0.15, 0.2) is 34.9 Å². The number of hydrogen-bond donors (Lipinski definition) is 2. The van der Waals surface area contributed by atoms with Crippen molar-refractivity contribution >= 4 is 33.2 Å². The molecule has 6 heteroatoms. The zero-order valence-corrected chi connectivity index (χ0v) is 15.7. The maximum Gasteiger partial charge on any atom is 0.310 e. The first-order valence-electron chi connectivity index (χ1n) is 7.65. The first-order valence-corrected chi connectivity index (χ1v) is 9.26. The van der Waals surface area contributed by atoms with Gasteiger partial charge in [-0.25, -0.2) is 4.98 Å². The molecule has 0 amide bonds. The molecule has 2 rings (SSSR count). The minimum atomic E-state index is -0.727. The van der Waals surface area contributed by atoms with Crippen LogP contribution in [0.2, 0.25) is 0 Å². The summed E-state index contributed by atoms with van der Waals surface area (Å²) in [6.45, 7) is 4.97. The molecule has 124 valence electrons. The summed E-state index contributed by atoms with van der Waals surface area (Å²) in [6, 6.07) is 8.06. The Morgan fingerprint density at radius 1 is 1.30 bits per heavy atom. The molecule has 0 radical (unpaired) electrons. The Morgan fingerprint density at radius 3 is 2.52 bits per heavy atom. The molecule has 0 saturated carbocycles. The van der Waals surface area contributed by atoms with Gasteiger partial charge in [-0.2, -0.15) is 0 Å². The number of aromatic nitrogens is 1. The highest BCUT2D eigenvalue weighted by Gasteiger charge is 2.34. The lowest BCUT2D eigenvalue weighted by molar-refractivity contribution is -0.149. The van der Waals surface area contributed by atoms with Gasteiger partial charge in [-0.05, 0) is 25.0 Å². The molecule has 0 aliphatic heterocycles. The number of carbonyl (C=O) groups is 1. The fraction of sp³-hybridized carbons (Fsp3) is 0.412. The highest BCUT2D eigenvalue weighted by molar-refractivity contribution is 9.10. The summed E-state index contributed by atoms with van der Waals surface area (Å²) in [4.78, 5) is 17.0. The van der Waals surface area contributed by atoms with Crippen LogP contribution in [0.25, 0.3) is 10.6 Å². The second kappa shape index (κ2) is 8.04. The Labute approximate surface area is 149 Å². The largest absolute Gasteiger partial charge is 0.481 e. The van der Waals surface area contributed by atoms with Crippen LogP contribution in [0.4, 0.5) is 0 Å². The molecule has 4 nitrogen and oxygen atoms in total. The van der Waals surface area contributed by atoms with Crippen molar-refractivity contribution in [1.82, 2.24) is 10.3 Å². The molecule has 0 aliphatic carbocycles. The molecular formula is C17H21BrN2O2S. The number of carboxylic acids is 1. The van der Waals surface area contributed by atoms with E-state index in [4.69, 9.17) is 0 Å². The molecule has 0 bridgehead atoms. The highest BCUT2D eigenvalue weighted by Crippen LogP contribution is 2.28. The molecule has 0 unspecified atom stereocenters. The average Bonchev–Trinajstić information content (AvgIpc) is 3.01. The first kappa shape index (κ1) is 18.1. The normalized spacial score (nSPS) is 11.6. The van der Waals surface area contributed by atoms with Gasteiger partial charge in [0.15, 0.2) is 0 Å². The van der Waals surface area contributed by atoms with Crippen LogP contribution in [0, 0.1) is 5.41 Å². The first-order chi connectivity index (χ1) is 11.0. The molecular weight excluding hydrogens is 376 g/mol. The molecule has 0 fully saturated rings. The van der Waals surface area contributed by atoms with Crippen LogP contribution < -0.4 is 5.32 Å². The van der Waals surface area contributed by atoms with E-state index in [0.29, 0.717) is 25.9 Å². The molecule has 1 aromatic carbocycles. The van der Waals surface area contributed by atoms with Crippen molar-refractivity contribution in [3.8, 4) is 10.6 Å². The zero-order valence-electron chi connectivity index (χ0n) is 13.3. The van der Waals surface area contributed by atoms with Crippen LogP contribution in [0.1, 0.15) is 31.6 Å². The number of benzene rings is 1. The second-order valence-corrected chi connectivity index (χ2v) is 7.57. The molecule has 0 atom stereocenters. The summed E-state index contributed by atoms with van der Waals surface area (Å²) in [5, 5.41) is 13.7. The quantitative estimate of drug-likeness (QED) is 0.686. The molecule has 0 aliphatic rings. The summed E-state index contributed by atoms with van der Waals surface area (Å²) < 4.78 is 1.05. The Morgan fingerprint density at radius 2 is 1.96 bits per heavy atom. The summed E-state index contributed by atoms with van der Waals surface area (Å²) in [6.07, 6.45) is 3.10. The molecule has 1 heterocycles. The number of rotatable bonds is 8. The predicted octanol–water partition coefficient (Wildman–Crippen LogP) is 4.55. The van der Waals surface area contributed by atoms with Gasteiger partial charge in [-0.3, -0.25) is 4.79 Å². The number of halogens is 1. The van der Waals surface area contributed by atoms with Gasteiger partial charge in [-0.1, -0.05) is 41.9 Å². The van der Waals surface area contributed by atoms with Gasteiger partial charge in [-0.15, -0.1) is 11.3 Å². The minimum absolute atomic E-state index is 0.473. The maximum atomic E-state index is 11.5. The SMILES string of the molecule is CCC(CC)(CNCc1cnc(-c2ccc(Br)cc2)s1)C(=O)O. The molecule has 1 aromatic heterocycles. The van der Waals surface area contributed by atoms with E-state index in [2.05, 4.69) is 26.2 Å². The number of thiazole rings is 1. The standard InChI is InChI=1S/C17H21BrN2O2S/c1-3-17(4-2,16(21)22)11-19-9-14-10-20-15(23-14)12-5-7-13(18)8-6-12/h5-8,10,19H,3-4,9,11H2,1-2H3,(H,21,22). The Kier molecular flexibility index (Phi) is 6.33. The van der Waals surface area contributed by atoms with Crippen LogP contribution in [-0.4, -0.2) is 22.6 Å². The van der Waals surface area contributed by atoms with Crippen LogP contribution >= 0.6 is 27.3 Å². The zero-order chi connectivity index (χ0) is 16.9. The number of nitrogens with zero attached hydrogens (tertiary/aromatic N) is 1. The second-order valence-electron chi connectivity index (χ2n) is 5.53. The van der Waals surface area contributed by atoms with Gasteiger partial charge in [0.25, 0.3) is 0 Å². The summed E-state index contributed by atoms with van der Waals surface area (Å²) in [5.41, 5.74) is 0.408. The molecule has 2 aromatic rings. The van der Waals surface area contributed by atoms with Crippen LogP contribution in [0.5, 0.6) is 0 Å². The van der Waals surface area contributed by atoms with E-state index < -0.39 is 11.4 Å². The summed E-state index contributed by atoms with van der Waals surface area (Å²) >= 11 is 5.06. The van der Waals surface area contributed by atoms with Crippen molar-refractivity contribution in [3.63, 3.8) is 0 Å². The maximum absolute atomic E-state index is 11.5. The van der Waals surface area contributed by atoms with Crippen molar-refractivity contribution in [2.45, 2.75) is 33.2 Å². The van der Waals surface area contributed by atoms with Gasteiger partial charge >= 0.3 is 5.97 Å². The predicted molar refractivity (Wildman–Crippen MR) is 97.6 cm³/mol. The van der Waals surface area contributed by atoms with Gasteiger partial charge in [0, 0.05) is 34.2 Å². The van der Waals surface area contributed by atoms with Crippen molar-refractivity contribution in [2.24, 2.45) is 5.41 Å². The number of carboxylic acid groups (broad SMARTS) is 1. The topological polar surface area (TPSA) is 62.2 Å². The van der Waals surface area contributed by atoms with E-state index >= 15 is 0 Å². The summed E-state index contributed by atoms with van der Waals surface area (Å²) in [7, 11) is 0. The van der Waals surface area contributed by atoms with Crippen LogP contribution in [0.3, 0.4) is 0 Å². The summed E-state index contributed by atoms with van der Waals surface area (Å²) in [5.74, 6) is -0.727. The van der Waals surface area contributed by atoms with E-state index in [1.165, 1.54) is 0 Å². The fourth-order valence-corrected chi connectivity index (χ4v) is 3.57. The third kappa shape index (κ3) is 4.40. The number of hydrogen-bond acceptors (Lipinski definition) is 4. The number of aliphatic carboxylic acids is 1. The highest BCUT2D eigenvalue weighted by atomic mass is 79.9. The van der Waals surface area contributed by atoms with Crippen molar-refractivity contribution in [1.29, 1.82) is 0 Å². The van der Waals surface area contributed by atoms with Gasteiger partial charge in [0.2, 0.25) is 0 Å². The Bertz CT molecular complexity index is 651. The van der Waals surface area contributed by atoms with E-state index in [1.54, 1.807) is 11.3 Å². The van der Waals surface area contributed by atoms with Crippen LogP contribution in [-0.2, 0) is 11.3 Å². The van der Waals surface area contributed by atoms with E-state index in [-0.39, 0.29) is 0 Å². The molecule has 2 N–H and O–H groups in total. The lowest BCUT2D eigenvalue weighted by Gasteiger charge is -2.26. The van der Waals surface area contributed by atoms with Crippen molar-refractivity contribution in [2.75, 3.05) is 6.54 Å². The van der Waals surface area contributed by atoms with Gasteiger partial charge in [0.05, 0.1) is 5.41 Å². The number of nitrogens with one attached hydrogen (secondary N) is 1. The molecule has 23 heavy (non-hydrogen) atoms. The van der Waals surface area contributed by atoms with Crippen molar-refractivity contribution < 1.29 is 9.90 Å². The van der Waals surface area contributed by atoms with Gasteiger partial charge < -0.3 is 10.4 Å². The lowest BCUT2D eigenvalue weighted by atomic mass is 9.82. The van der Waals surface area contributed by atoms with Gasteiger partial charge in [0.1, 0.15) is 5.01 Å². The average molecular weight is 397 g/mol. The molecule has 0 spiro atoms. The third-order valence-corrected chi connectivity index (χ3v) is 5.79. The fourth-order valence-electron chi connectivity index (χ4n) is 2.42.